The zero-order valence-corrected chi connectivity index (χ0v) is 36.1. The summed E-state index contributed by atoms with van der Waals surface area (Å²) in [6, 6.07) is 42.5. The standard InChI is InChI=1S/C28H40N2O3.C23H32N2O/c1-28(2,3)33-27(32)29-22-12-21-26(31)30-25(19-10-17-23-13-6-4-7-14-23)20-11-18-24-15-8-5-9-16-24;24-19-9-18-23(26)25-22(16-7-14-20-10-3-1-4-11-20)17-8-15-21-12-5-2-6-13-21/h4-9,13-16,25H,10-12,17-22H2,1-3H3,(H,29,32)(H,30,31);1-6,10-13,22H,7-9,14-19,24H2,(H,25,26). The zero-order chi connectivity index (χ0) is 42.4. The predicted octanol–water partition coefficient (Wildman–Crippen LogP) is 10.1. The Hall–Kier alpha value is -4.95. The fourth-order valence-electron chi connectivity index (χ4n) is 6.98. The average Bonchev–Trinajstić information content (AvgIpc) is 3.22. The van der Waals surface area contributed by atoms with E-state index in [9.17, 15) is 14.4 Å². The summed E-state index contributed by atoms with van der Waals surface area (Å²) in [4.78, 5) is 36.4. The van der Waals surface area contributed by atoms with E-state index in [1.807, 2.05) is 45.0 Å². The minimum Gasteiger partial charge on any atom is -0.444 e. The van der Waals surface area contributed by atoms with Gasteiger partial charge in [-0.3, -0.25) is 9.59 Å². The molecule has 0 aliphatic rings. The monoisotopic (exact) mass is 805 g/mol. The van der Waals surface area contributed by atoms with Crippen LogP contribution in [0.4, 0.5) is 4.79 Å². The van der Waals surface area contributed by atoms with Crippen molar-refractivity contribution in [1.29, 1.82) is 0 Å². The lowest BCUT2D eigenvalue weighted by atomic mass is 9.99. The van der Waals surface area contributed by atoms with Crippen LogP contribution >= 0.6 is 0 Å². The third kappa shape index (κ3) is 24.5. The maximum absolute atomic E-state index is 12.5. The van der Waals surface area contributed by atoms with Gasteiger partial charge in [-0.2, -0.15) is 0 Å². The van der Waals surface area contributed by atoms with Crippen LogP contribution in [0.1, 0.15) is 120 Å². The molecule has 8 nitrogen and oxygen atoms in total. The van der Waals surface area contributed by atoms with Crippen molar-refractivity contribution in [1.82, 2.24) is 16.0 Å². The van der Waals surface area contributed by atoms with Gasteiger partial charge in [0.25, 0.3) is 0 Å². The number of benzene rings is 4. The number of ether oxygens (including phenoxy) is 1. The number of amides is 3. The molecule has 4 aromatic rings. The van der Waals surface area contributed by atoms with Crippen molar-refractivity contribution in [2.24, 2.45) is 5.73 Å². The fraction of sp³-hybridized carbons (Fsp3) is 0.471. The van der Waals surface area contributed by atoms with Gasteiger partial charge in [0.2, 0.25) is 11.8 Å². The molecule has 5 N–H and O–H groups in total. The molecule has 0 aliphatic heterocycles. The molecule has 0 saturated carbocycles. The van der Waals surface area contributed by atoms with Crippen LogP contribution in [-0.2, 0) is 40.0 Å². The highest BCUT2D eigenvalue weighted by Gasteiger charge is 2.17. The molecule has 0 atom stereocenters. The van der Waals surface area contributed by atoms with Crippen molar-refractivity contribution in [2.75, 3.05) is 13.1 Å². The predicted molar refractivity (Wildman–Crippen MR) is 243 cm³/mol. The van der Waals surface area contributed by atoms with Crippen LogP contribution in [0.3, 0.4) is 0 Å². The Kier molecular flexibility index (Phi) is 24.0. The average molecular weight is 805 g/mol. The second-order valence-electron chi connectivity index (χ2n) is 16.5. The summed E-state index contributed by atoms with van der Waals surface area (Å²) in [6.07, 6.45) is 14.2. The van der Waals surface area contributed by atoms with E-state index < -0.39 is 11.7 Å². The third-order valence-corrected chi connectivity index (χ3v) is 10.0. The topological polar surface area (TPSA) is 123 Å². The first kappa shape index (κ1) is 48.4. The number of nitrogens with two attached hydrogens (primary N) is 1. The third-order valence-electron chi connectivity index (χ3n) is 10.0. The number of alkyl carbamates (subject to hydrolysis) is 1. The van der Waals surface area contributed by atoms with Crippen LogP contribution in [0.5, 0.6) is 0 Å². The van der Waals surface area contributed by atoms with E-state index in [-0.39, 0.29) is 23.9 Å². The van der Waals surface area contributed by atoms with E-state index in [1.165, 1.54) is 22.3 Å². The molecule has 0 fully saturated rings. The van der Waals surface area contributed by atoms with E-state index in [4.69, 9.17) is 10.5 Å². The Morgan fingerprint density at radius 2 is 0.831 bits per heavy atom. The highest BCUT2D eigenvalue weighted by atomic mass is 16.6. The van der Waals surface area contributed by atoms with Crippen LogP contribution < -0.4 is 21.7 Å². The van der Waals surface area contributed by atoms with Crippen LogP contribution in [0, 0.1) is 0 Å². The molecule has 0 heterocycles. The second kappa shape index (κ2) is 29.3. The Morgan fingerprint density at radius 1 is 0.508 bits per heavy atom. The van der Waals surface area contributed by atoms with Crippen molar-refractivity contribution in [3.63, 3.8) is 0 Å². The number of carbonyl (C=O) groups excluding carboxylic acids is 3. The molecule has 0 saturated heterocycles. The minimum absolute atomic E-state index is 0.0467. The summed E-state index contributed by atoms with van der Waals surface area (Å²) in [5.74, 6) is 0.185. The highest BCUT2D eigenvalue weighted by molar-refractivity contribution is 5.76. The van der Waals surface area contributed by atoms with Crippen molar-refractivity contribution >= 4 is 17.9 Å². The van der Waals surface area contributed by atoms with Gasteiger partial charge in [-0.1, -0.05) is 121 Å². The lowest BCUT2D eigenvalue weighted by Crippen LogP contribution is -2.36. The molecule has 0 bridgehead atoms. The Labute approximate surface area is 355 Å². The van der Waals surface area contributed by atoms with Crippen molar-refractivity contribution in [3.05, 3.63) is 144 Å². The number of aryl methyl sites for hydroxylation is 4. The Bertz CT molecular complexity index is 1590. The summed E-state index contributed by atoms with van der Waals surface area (Å²) >= 11 is 0. The molecular formula is C51H72N4O4. The van der Waals surface area contributed by atoms with Gasteiger partial charge in [0, 0.05) is 31.5 Å². The number of nitrogens with one attached hydrogen (secondary N) is 3. The summed E-state index contributed by atoms with van der Waals surface area (Å²) in [5, 5.41) is 9.17. The lowest BCUT2D eigenvalue weighted by Gasteiger charge is -2.20. The van der Waals surface area contributed by atoms with Crippen LogP contribution in [-0.4, -0.2) is 48.7 Å². The molecule has 8 heteroatoms. The lowest BCUT2D eigenvalue weighted by molar-refractivity contribution is -0.122. The van der Waals surface area contributed by atoms with Crippen molar-refractivity contribution < 1.29 is 19.1 Å². The van der Waals surface area contributed by atoms with Gasteiger partial charge in [0.05, 0.1) is 0 Å². The quantitative estimate of drug-likeness (QED) is 0.0497. The summed E-state index contributed by atoms with van der Waals surface area (Å²) in [6.45, 7) is 6.48. The van der Waals surface area contributed by atoms with E-state index in [0.29, 0.717) is 32.4 Å². The van der Waals surface area contributed by atoms with Gasteiger partial charge < -0.3 is 26.4 Å². The largest absolute Gasteiger partial charge is 0.444 e. The molecule has 0 aliphatic carbocycles. The van der Waals surface area contributed by atoms with Gasteiger partial charge in [0.15, 0.2) is 0 Å². The number of hydrogen-bond acceptors (Lipinski definition) is 5. The molecule has 0 aromatic heterocycles. The van der Waals surface area contributed by atoms with Crippen LogP contribution in [0.2, 0.25) is 0 Å². The molecule has 59 heavy (non-hydrogen) atoms. The summed E-state index contributed by atoms with van der Waals surface area (Å²) in [7, 11) is 0. The normalized spacial score (nSPS) is 11.1. The number of carbonyl (C=O) groups is 3. The molecule has 4 aromatic carbocycles. The first-order valence-corrected chi connectivity index (χ1v) is 22.0. The highest BCUT2D eigenvalue weighted by Crippen LogP contribution is 2.15. The van der Waals surface area contributed by atoms with Crippen LogP contribution in [0.15, 0.2) is 121 Å². The van der Waals surface area contributed by atoms with Gasteiger partial charge in [0.1, 0.15) is 5.60 Å². The number of hydrogen-bond donors (Lipinski definition) is 4. The molecular weight excluding hydrogens is 733 g/mol. The molecule has 4 rings (SSSR count). The molecule has 0 spiro atoms. The first-order valence-electron chi connectivity index (χ1n) is 22.0. The van der Waals surface area contributed by atoms with Gasteiger partial charge in [-0.15, -0.1) is 0 Å². The molecule has 0 radical (unpaired) electrons. The summed E-state index contributed by atoms with van der Waals surface area (Å²) < 4.78 is 5.22. The van der Waals surface area contributed by atoms with Crippen molar-refractivity contribution in [3.8, 4) is 0 Å². The Balaban J connectivity index is 0.000000324. The molecule has 0 unspecified atom stereocenters. The number of rotatable bonds is 25. The summed E-state index contributed by atoms with van der Waals surface area (Å²) in [5.41, 5.74) is 10.4. The minimum atomic E-state index is -0.520. The van der Waals surface area contributed by atoms with Gasteiger partial charge in [-0.25, -0.2) is 4.79 Å². The zero-order valence-electron chi connectivity index (χ0n) is 36.1. The second-order valence-corrected chi connectivity index (χ2v) is 16.5. The van der Waals surface area contributed by atoms with E-state index in [1.54, 1.807) is 0 Å². The van der Waals surface area contributed by atoms with Gasteiger partial charge >= 0.3 is 6.09 Å². The fourth-order valence-corrected chi connectivity index (χ4v) is 6.98. The molecule has 320 valence electrons. The Morgan fingerprint density at radius 3 is 1.14 bits per heavy atom. The SMILES string of the molecule is CC(C)(C)OC(=O)NCCCC(=O)NC(CCCc1ccccc1)CCCc1ccccc1.NCCCC(=O)NC(CCCc1ccccc1)CCCc1ccccc1. The van der Waals surface area contributed by atoms with E-state index in [2.05, 4.69) is 113 Å². The van der Waals surface area contributed by atoms with Gasteiger partial charge in [-0.05, 0) is 139 Å². The van der Waals surface area contributed by atoms with E-state index >= 15 is 0 Å². The van der Waals surface area contributed by atoms with E-state index in [0.717, 1.165) is 83.5 Å². The smallest absolute Gasteiger partial charge is 0.407 e. The maximum atomic E-state index is 12.5. The van der Waals surface area contributed by atoms with Crippen LogP contribution in [0.25, 0.3) is 0 Å². The maximum Gasteiger partial charge on any atom is 0.407 e. The van der Waals surface area contributed by atoms with Crippen molar-refractivity contribution in [2.45, 2.75) is 141 Å². The molecule has 3 amide bonds. The first-order chi connectivity index (χ1) is 28.6.